The van der Waals surface area contributed by atoms with Gasteiger partial charge in [-0.3, -0.25) is 28.8 Å². The molecule has 0 saturated carbocycles. The Kier molecular flexibility index (Phi) is 9.24. The van der Waals surface area contributed by atoms with Crippen molar-refractivity contribution in [3.8, 4) is 28.7 Å². The minimum atomic E-state index is -0.730. The van der Waals surface area contributed by atoms with E-state index in [1.54, 1.807) is 30.5 Å². The van der Waals surface area contributed by atoms with Crippen LogP contribution in [0.1, 0.15) is 21.5 Å². The lowest BCUT2D eigenvalue weighted by molar-refractivity contribution is -0.118. The summed E-state index contributed by atoms with van der Waals surface area (Å²) in [5.74, 6) is -1.17. The normalized spacial score (nSPS) is 14.2. The summed E-state index contributed by atoms with van der Waals surface area (Å²) in [7, 11) is 1.49. The standard InChI is InChI=1S/C37H32F2N4O7/c1-47-33-19-28-26(18-29(33)41-34(45)21-42-11-14-48-15-12-42)31(8-10-40-28)50-32-7-2-22(16-27(32)39)17-30(44)35-36-23(9-13-49-36)20-43(37(35)46)25-5-3-24(38)4-6-25/h2-8,10,16,18-20H,9,11-15,17,21H2,1H3,(H,41,45). The first kappa shape index (κ1) is 32.9. The molecule has 11 nitrogen and oxygen atoms in total. The van der Waals surface area contributed by atoms with Gasteiger partial charge in [-0.05, 0) is 54.1 Å². The van der Waals surface area contributed by atoms with Crippen molar-refractivity contribution >= 4 is 28.3 Å². The Balaban J connectivity index is 1.12. The first-order valence-electron chi connectivity index (χ1n) is 16.0. The Hall–Kier alpha value is -5.66. The van der Waals surface area contributed by atoms with Crippen LogP contribution in [0.4, 0.5) is 14.5 Å². The number of rotatable bonds is 10. The van der Waals surface area contributed by atoms with E-state index >= 15 is 4.39 Å². The molecule has 0 spiro atoms. The molecule has 0 atom stereocenters. The average molecular weight is 683 g/mol. The van der Waals surface area contributed by atoms with Gasteiger partial charge in [0.25, 0.3) is 5.56 Å². The van der Waals surface area contributed by atoms with E-state index in [1.165, 1.54) is 54.3 Å². The molecule has 1 fully saturated rings. The number of nitrogens with zero attached hydrogens (tertiary/aromatic N) is 3. The average Bonchev–Trinajstić information content (AvgIpc) is 3.58. The van der Waals surface area contributed by atoms with E-state index in [-0.39, 0.29) is 41.7 Å². The third-order valence-corrected chi connectivity index (χ3v) is 8.59. The molecule has 0 aliphatic carbocycles. The number of halogens is 2. The Bertz CT molecular complexity index is 2170. The molecule has 0 radical (unpaired) electrons. The summed E-state index contributed by atoms with van der Waals surface area (Å²) in [5.41, 5.74) is 1.54. The topological polar surface area (TPSA) is 121 Å². The van der Waals surface area contributed by atoms with Crippen molar-refractivity contribution < 1.29 is 37.3 Å². The van der Waals surface area contributed by atoms with E-state index in [0.717, 1.165) is 0 Å². The van der Waals surface area contributed by atoms with Crippen LogP contribution in [-0.2, 0) is 22.4 Å². The Morgan fingerprint density at radius 2 is 1.76 bits per heavy atom. The van der Waals surface area contributed by atoms with Crippen molar-refractivity contribution in [3.05, 3.63) is 112 Å². The number of benzene rings is 3. The zero-order valence-corrected chi connectivity index (χ0v) is 27.0. The summed E-state index contributed by atoms with van der Waals surface area (Å²) < 4.78 is 52.9. The highest BCUT2D eigenvalue weighted by molar-refractivity contribution is 6.00. The quantitative estimate of drug-likeness (QED) is 0.201. The fraction of sp³-hybridized carbons (Fsp3) is 0.243. The maximum absolute atomic E-state index is 15.5. The summed E-state index contributed by atoms with van der Waals surface area (Å²) >= 11 is 0. The van der Waals surface area contributed by atoms with Crippen LogP contribution in [0.3, 0.4) is 0 Å². The summed E-state index contributed by atoms with van der Waals surface area (Å²) in [4.78, 5) is 46.3. The zero-order valence-electron chi connectivity index (χ0n) is 27.0. The largest absolute Gasteiger partial charge is 0.494 e. The predicted octanol–water partition coefficient (Wildman–Crippen LogP) is 5.10. The molecule has 0 bridgehead atoms. The van der Waals surface area contributed by atoms with Crippen LogP contribution in [-0.4, -0.2) is 72.7 Å². The van der Waals surface area contributed by atoms with Crippen molar-refractivity contribution in [1.82, 2.24) is 14.5 Å². The number of ether oxygens (including phenoxy) is 4. The minimum Gasteiger partial charge on any atom is -0.494 e. The second-order valence-electron chi connectivity index (χ2n) is 11.9. The first-order valence-corrected chi connectivity index (χ1v) is 16.0. The Morgan fingerprint density at radius 1 is 0.960 bits per heavy atom. The van der Waals surface area contributed by atoms with Crippen LogP contribution in [0.2, 0.25) is 0 Å². The molecule has 2 aromatic heterocycles. The number of anilines is 1. The van der Waals surface area contributed by atoms with Gasteiger partial charge < -0.3 is 24.3 Å². The number of amides is 1. The summed E-state index contributed by atoms with van der Waals surface area (Å²) in [6, 6.07) is 14.4. The van der Waals surface area contributed by atoms with Gasteiger partial charge in [-0.15, -0.1) is 0 Å². The first-order chi connectivity index (χ1) is 24.3. The van der Waals surface area contributed by atoms with E-state index in [0.29, 0.717) is 78.5 Å². The number of carbonyl (C=O) groups excluding carboxylic acids is 2. The number of ketones is 1. The van der Waals surface area contributed by atoms with Gasteiger partial charge in [0.1, 0.15) is 28.6 Å². The third-order valence-electron chi connectivity index (χ3n) is 8.59. The molecule has 0 unspecified atom stereocenters. The maximum Gasteiger partial charge on any atom is 0.269 e. The molecular weight excluding hydrogens is 650 g/mol. The lowest BCUT2D eigenvalue weighted by atomic mass is 10.0. The number of fused-ring (bicyclic) bond motifs is 2. The van der Waals surface area contributed by atoms with Crippen molar-refractivity contribution in [2.24, 2.45) is 0 Å². The van der Waals surface area contributed by atoms with Crippen molar-refractivity contribution in [2.75, 3.05) is 51.9 Å². The van der Waals surface area contributed by atoms with Gasteiger partial charge in [-0.1, -0.05) is 6.07 Å². The van der Waals surface area contributed by atoms with Crippen molar-refractivity contribution in [2.45, 2.75) is 12.8 Å². The molecule has 4 heterocycles. The highest BCUT2D eigenvalue weighted by Crippen LogP contribution is 2.37. The van der Waals surface area contributed by atoms with Gasteiger partial charge in [0.2, 0.25) is 5.91 Å². The van der Waals surface area contributed by atoms with Crippen molar-refractivity contribution in [1.29, 1.82) is 0 Å². The van der Waals surface area contributed by atoms with E-state index in [2.05, 4.69) is 10.3 Å². The number of pyridine rings is 2. The fourth-order valence-corrected chi connectivity index (χ4v) is 6.08. The molecule has 1 amide bonds. The predicted molar refractivity (Wildman–Crippen MR) is 180 cm³/mol. The van der Waals surface area contributed by atoms with Gasteiger partial charge in [-0.2, -0.15) is 0 Å². The lowest BCUT2D eigenvalue weighted by Gasteiger charge is -2.26. The number of methoxy groups -OCH3 is 1. The smallest absolute Gasteiger partial charge is 0.269 e. The van der Waals surface area contributed by atoms with Crippen LogP contribution >= 0.6 is 0 Å². The minimum absolute atomic E-state index is 0.106. The van der Waals surface area contributed by atoms with E-state index in [1.807, 2.05) is 4.90 Å². The molecule has 1 N–H and O–H groups in total. The fourth-order valence-electron chi connectivity index (χ4n) is 6.08. The Morgan fingerprint density at radius 3 is 2.52 bits per heavy atom. The molecule has 3 aromatic carbocycles. The molecule has 2 aliphatic rings. The van der Waals surface area contributed by atoms with Crippen LogP contribution < -0.4 is 25.1 Å². The van der Waals surface area contributed by atoms with E-state index in [9.17, 15) is 18.8 Å². The van der Waals surface area contributed by atoms with E-state index < -0.39 is 23.0 Å². The summed E-state index contributed by atoms with van der Waals surface area (Å²) in [6.07, 6.45) is 3.33. The van der Waals surface area contributed by atoms with Gasteiger partial charge >= 0.3 is 0 Å². The molecule has 1 saturated heterocycles. The van der Waals surface area contributed by atoms with Gasteiger partial charge in [0, 0.05) is 61.0 Å². The molecule has 7 rings (SSSR count). The number of carbonyl (C=O) groups is 2. The monoisotopic (exact) mass is 682 g/mol. The SMILES string of the molecule is COc1cc2nccc(Oc3ccc(CC(=O)c4c5c(cn(-c6ccc(F)cc6)c4=O)CCO5)cc3F)c2cc1NC(=O)CN1CCOCC1. The zero-order chi connectivity index (χ0) is 34.8. The Labute approximate surface area is 285 Å². The number of Topliss-reactive ketones (excluding diaryl/α,β-unsaturated/α-hetero) is 1. The number of aromatic nitrogens is 2. The highest BCUT2D eigenvalue weighted by Gasteiger charge is 2.27. The van der Waals surface area contributed by atoms with Crippen molar-refractivity contribution in [3.63, 3.8) is 0 Å². The second kappa shape index (κ2) is 14.1. The number of hydrogen-bond donors (Lipinski definition) is 1. The summed E-state index contributed by atoms with van der Waals surface area (Å²) in [6.45, 7) is 2.94. The van der Waals surface area contributed by atoms with Crippen LogP contribution in [0.15, 0.2) is 77.9 Å². The van der Waals surface area contributed by atoms with Crippen LogP contribution in [0, 0.1) is 11.6 Å². The van der Waals surface area contributed by atoms with Crippen LogP contribution in [0.5, 0.6) is 23.0 Å². The van der Waals surface area contributed by atoms with Gasteiger partial charge in [-0.25, -0.2) is 8.78 Å². The lowest BCUT2D eigenvalue weighted by Crippen LogP contribution is -2.41. The third kappa shape index (κ3) is 6.78. The molecule has 5 aromatic rings. The van der Waals surface area contributed by atoms with Crippen LogP contribution in [0.25, 0.3) is 16.6 Å². The summed E-state index contributed by atoms with van der Waals surface area (Å²) in [5, 5.41) is 3.40. The number of nitrogens with one attached hydrogen (secondary N) is 1. The van der Waals surface area contributed by atoms with Gasteiger partial charge in [0.15, 0.2) is 17.3 Å². The van der Waals surface area contributed by atoms with Gasteiger partial charge in [0.05, 0.1) is 44.7 Å². The number of hydrogen-bond acceptors (Lipinski definition) is 9. The molecule has 13 heteroatoms. The van der Waals surface area contributed by atoms with E-state index in [4.69, 9.17) is 18.9 Å². The highest BCUT2D eigenvalue weighted by atomic mass is 19.1. The molecule has 256 valence electrons. The molecule has 50 heavy (non-hydrogen) atoms. The maximum atomic E-state index is 15.5. The second-order valence-corrected chi connectivity index (χ2v) is 11.9. The molecular formula is C37H32F2N4O7. The molecule has 2 aliphatic heterocycles. The number of morpholine rings is 1.